The van der Waals surface area contributed by atoms with Gasteiger partial charge in [0, 0.05) is 0 Å². The lowest BCUT2D eigenvalue weighted by Gasteiger charge is -2.24. The fourth-order valence-electron chi connectivity index (χ4n) is 1.82. The summed E-state index contributed by atoms with van der Waals surface area (Å²) in [6, 6.07) is -0.686. The van der Waals surface area contributed by atoms with Crippen molar-refractivity contribution in [2.24, 2.45) is 0 Å². The van der Waals surface area contributed by atoms with Crippen LogP contribution >= 0.6 is 12.4 Å². The maximum Gasteiger partial charge on any atom is 0.328 e. The van der Waals surface area contributed by atoms with Crippen molar-refractivity contribution in [2.45, 2.75) is 44.7 Å². The molecule has 0 saturated carbocycles. The molecular formula is C11H21ClN2O3. The summed E-state index contributed by atoms with van der Waals surface area (Å²) in [5.41, 5.74) is 0. The summed E-state index contributed by atoms with van der Waals surface area (Å²) in [6.07, 6.45) is 3.55. The number of halogens is 1. The van der Waals surface area contributed by atoms with Crippen molar-refractivity contribution in [3.63, 3.8) is 0 Å². The van der Waals surface area contributed by atoms with E-state index in [0.717, 1.165) is 25.8 Å². The minimum atomic E-state index is -0.527. The minimum absolute atomic E-state index is 0. The van der Waals surface area contributed by atoms with Crippen molar-refractivity contribution in [2.75, 3.05) is 13.7 Å². The number of esters is 1. The summed E-state index contributed by atoms with van der Waals surface area (Å²) >= 11 is 0. The SMILES string of the molecule is CCC(NC(=O)[C@H]1CCCCN1)C(=O)OC.Cl. The standard InChI is InChI=1S/C11H20N2O3.ClH/c1-3-8(11(15)16-2)13-10(14)9-6-4-5-7-12-9;/h8-9,12H,3-7H2,1-2H3,(H,13,14);1H/t8?,9-;/m1./s1. The highest BCUT2D eigenvalue weighted by Crippen LogP contribution is 2.07. The van der Waals surface area contributed by atoms with E-state index in [-0.39, 0.29) is 30.3 Å². The average molecular weight is 265 g/mol. The molecule has 17 heavy (non-hydrogen) atoms. The maximum absolute atomic E-state index is 11.8. The van der Waals surface area contributed by atoms with E-state index >= 15 is 0 Å². The topological polar surface area (TPSA) is 67.4 Å². The normalized spacial score (nSPS) is 20.9. The number of carbonyl (C=O) groups excluding carboxylic acids is 2. The second-order valence-electron chi connectivity index (χ2n) is 4.00. The molecule has 1 aliphatic heterocycles. The van der Waals surface area contributed by atoms with Crippen LogP contribution in [0.5, 0.6) is 0 Å². The van der Waals surface area contributed by atoms with E-state index in [4.69, 9.17) is 0 Å². The van der Waals surface area contributed by atoms with Crippen LogP contribution in [0, 0.1) is 0 Å². The molecule has 100 valence electrons. The molecule has 0 aromatic carbocycles. The first-order valence-corrected chi connectivity index (χ1v) is 5.80. The fraction of sp³-hybridized carbons (Fsp3) is 0.818. The zero-order valence-electron chi connectivity index (χ0n) is 10.3. The third-order valence-corrected chi connectivity index (χ3v) is 2.84. The van der Waals surface area contributed by atoms with Crippen molar-refractivity contribution in [3.05, 3.63) is 0 Å². The zero-order chi connectivity index (χ0) is 12.0. The van der Waals surface area contributed by atoms with E-state index in [2.05, 4.69) is 15.4 Å². The Balaban J connectivity index is 0.00000256. The smallest absolute Gasteiger partial charge is 0.328 e. The summed E-state index contributed by atoms with van der Waals surface area (Å²) in [6.45, 7) is 2.71. The summed E-state index contributed by atoms with van der Waals surface area (Å²) in [5.74, 6) is -0.483. The Kier molecular flexibility index (Phi) is 7.91. The molecule has 6 heteroatoms. The van der Waals surface area contributed by atoms with Crippen LogP contribution in [0.4, 0.5) is 0 Å². The number of amides is 1. The van der Waals surface area contributed by atoms with Gasteiger partial charge in [-0.15, -0.1) is 12.4 Å². The molecule has 1 unspecified atom stereocenters. The first-order chi connectivity index (χ1) is 7.69. The highest BCUT2D eigenvalue weighted by atomic mass is 35.5. The Morgan fingerprint density at radius 2 is 2.18 bits per heavy atom. The largest absolute Gasteiger partial charge is 0.467 e. The van der Waals surface area contributed by atoms with Crippen LogP contribution in [0.3, 0.4) is 0 Å². The van der Waals surface area contributed by atoms with Gasteiger partial charge in [0.15, 0.2) is 0 Å². The molecule has 0 aromatic heterocycles. The van der Waals surface area contributed by atoms with Crippen LogP contribution in [-0.2, 0) is 14.3 Å². The Morgan fingerprint density at radius 3 is 2.65 bits per heavy atom. The number of nitrogens with one attached hydrogen (secondary N) is 2. The predicted molar refractivity (Wildman–Crippen MR) is 67.1 cm³/mol. The molecule has 0 aliphatic carbocycles. The highest BCUT2D eigenvalue weighted by Gasteiger charge is 2.25. The van der Waals surface area contributed by atoms with Gasteiger partial charge in [0.1, 0.15) is 6.04 Å². The van der Waals surface area contributed by atoms with Crippen molar-refractivity contribution >= 4 is 24.3 Å². The fourth-order valence-corrected chi connectivity index (χ4v) is 1.82. The Hall–Kier alpha value is -0.810. The highest BCUT2D eigenvalue weighted by molar-refractivity contribution is 5.87. The van der Waals surface area contributed by atoms with Gasteiger partial charge >= 0.3 is 5.97 Å². The molecule has 1 aliphatic rings. The monoisotopic (exact) mass is 264 g/mol. The van der Waals surface area contributed by atoms with Crippen LogP contribution in [0.2, 0.25) is 0 Å². The summed E-state index contributed by atoms with van der Waals surface area (Å²) in [7, 11) is 1.33. The third kappa shape index (κ3) is 4.91. The van der Waals surface area contributed by atoms with Crippen LogP contribution in [0.1, 0.15) is 32.6 Å². The lowest BCUT2D eigenvalue weighted by molar-refractivity contribution is -0.145. The number of piperidine rings is 1. The van der Waals surface area contributed by atoms with E-state index in [1.165, 1.54) is 7.11 Å². The number of ether oxygens (including phenoxy) is 1. The lowest BCUT2D eigenvalue weighted by Crippen LogP contribution is -2.51. The molecule has 1 saturated heterocycles. The first-order valence-electron chi connectivity index (χ1n) is 5.80. The Bertz CT molecular complexity index is 255. The second kappa shape index (κ2) is 8.31. The van der Waals surface area contributed by atoms with Crippen LogP contribution in [0.15, 0.2) is 0 Å². The summed E-state index contributed by atoms with van der Waals surface area (Å²) in [5, 5.41) is 5.85. The molecule has 2 atom stereocenters. The van der Waals surface area contributed by atoms with E-state index < -0.39 is 6.04 Å². The van der Waals surface area contributed by atoms with E-state index in [1.54, 1.807) is 0 Å². The molecular weight excluding hydrogens is 244 g/mol. The van der Waals surface area contributed by atoms with Gasteiger partial charge < -0.3 is 15.4 Å². The van der Waals surface area contributed by atoms with Gasteiger partial charge in [-0.25, -0.2) is 4.79 Å². The van der Waals surface area contributed by atoms with Crippen LogP contribution in [-0.4, -0.2) is 37.6 Å². The molecule has 1 rings (SSSR count). The molecule has 2 N–H and O–H groups in total. The molecule has 0 aromatic rings. The number of carbonyl (C=O) groups is 2. The van der Waals surface area contributed by atoms with Crippen LogP contribution in [0.25, 0.3) is 0 Å². The zero-order valence-corrected chi connectivity index (χ0v) is 11.1. The van der Waals surface area contributed by atoms with Crippen LogP contribution < -0.4 is 10.6 Å². The first kappa shape index (κ1) is 16.2. The lowest BCUT2D eigenvalue weighted by atomic mass is 10.0. The summed E-state index contributed by atoms with van der Waals surface area (Å²) < 4.78 is 4.62. The van der Waals surface area contributed by atoms with Crippen molar-refractivity contribution < 1.29 is 14.3 Å². The number of rotatable bonds is 4. The van der Waals surface area contributed by atoms with E-state index in [9.17, 15) is 9.59 Å². The molecule has 0 radical (unpaired) electrons. The summed E-state index contributed by atoms with van der Waals surface area (Å²) in [4.78, 5) is 23.1. The molecule has 1 fully saturated rings. The minimum Gasteiger partial charge on any atom is -0.467 e. The third-order valence-electron chi connectivity index (χ3n) is 2.84. The van der Waals surface area contributed by atoms with Gasteiger partial charge in [-0.2, -0.15) is 0 Å². The molecule has 1 heterocycles. The van der Waals surface area contributed by atoms with Gasteiger partial charge in [-0.1, -0.05) is 13.3 Å². The van der Waals surface area contributed by atoms with Gasteiger partial charge in [0.05, 0.1) is 13.2 Å². The maximum atomic E-state index is 11.8. The second-order valence-corrected chi connectivity index (χ2v) is 4.00. The quantitative estimate of drug-likeness (QED) is 0.731. The molecule has 1 amide bonds. The van der Waals surface area contributed by atoms with Gasteiger partial charge in [0.2, 0.25) is 5.91 Å². The van der Waals surface area contributed by atoms with Crippen molar-refractivity contribution in [1.82, 2.24) is 10.6 Å². The predicted octanol–water partition coefficient (Wildman–Crippen LogP) is 0.618. The van der Waals surface area contributed by atoms with Crippen molar-refractivity contribution in [1.29, 1.82) is 0 Å². The van der Waals surface area contributed by atoms with E-state index in [0.29, 0.717) is 6.42 Å². The van der Waals surface area contributed by atoms with E-state index in [1.807, 2.05) is 6.92 Å². The Morgan fingerprint density at radius 1 is 1.47 bits per heavy atom. The Labute approximate surface area is 108 Å². The molecule has 0 spiro atoms. The number of hydrogen-bond acceptors (Lipinski definition) is 4. The molecule has 0 bridgehead atoms. The number of hydrogen-bond donors (Lipinski definition) is 2. The van der Waals surface area contributed by atoms with Crippen molar-refractivity contribution in [3.8, 4) is 0 Å². The van der Waals surface area contributed by atoms with Gasteiger partial charge in [-0.05, 0) is 25.8 Å². The number of methoxy groups -OCH3 is 1. The van der Waals surface area contributed by atoms with Gasteiger partial charge in [-0.3, -0.25) is 4.79 Å². The van der Waals surface area contributed by atoms with Gasteiger partial charge in [0.25, 0.3) is 0 Å². The average Bonchev–Trinajstić information content (AvgIpc) is 2.35. The molecule has 5 nitrogen and oxygen atoms in total.